The average molecular weight is 421 g/mol. The molecule has 1 fully saturated rings. The van der Waals surface area contributed by atoms with E-state index in [2.05, 4.69) is 34.6 Å². The van der Waals surface area contributed by atoms with Gasteiger partial charge in [-0.2, -0.15) is 4.31 Å². The number of para-hydroxylation sites is 1. The Kier molecular flexibility index (Phi) is 5.96. The molecule has 1 aliphatic carbocycles. The van der Waals surface area contributed by atoms with Gasteiger partial charge in [-0.15, -0.1) is 5.73 Å². The minimum atomic E-state index is -3.60. The van der Waals surface area contributed by atoms with Gasteiger partial charge in [0, 0.05) is 31.3 Å². The smallest absolute Gasteiger partial charge is 0.243 e. The highest BCUT2D eigenvalue weighted by Crippen LogP contribution is 2.29. The fourth-order valence-corrected chi connectivity index (χ4v) is 5.00. The molecule has 0 N–H and O–H groups in total. The Labute approximate surface area is 179 Å². The Morgan fingerprint density at radius 2 is 1.87 bits per heavy atom. The van der Waals surface area contributed by atoms with Crippen LogP contribution in [0.3, 0.4) is 0 Å². The number of hydrogen-bond acceptors (Lipinski definition) is 2. The van der Waals surface area contributed by atoms with Crippen molar-refractivity contribution in [2.45, 2.75) is 38.1 Å². The molecule has 3 aromatic rings. The zero-order valence-corrected chi connectivity index (χ0v) is 18.4. The molecule has 0 saturated heterocycles. The topological polar surface area (TPSA) is 42.3 Å². The molecule has 4 nitrogen and oxygen atoms in total. The van der Waals surface area contributed by atoms with E-state index in [-0.39, 0.29) is 0 Å². The van der Waals surface area contributed by atoms with E-state index in [1.807, 2.05) is 44.3 Å². The first kappa shape index (κ1) is 20.7. The molecular formula is C25H28N2O2S. The highest BCUT2D eigenvalue weighted by Gasteiger charge is 2.25. The van der Waals surface area contributed by atoms with Crippen molar-refractivity contribution in [2.24, 2.45) is 5.92 Å². The lowest BCUT2D eigenvalue weighted by atomic mass is 10.2. The third-order valence-electron chi connectivity index (χ3n) is 5.53. The molecule has 0 amide bonds. The Balaban J connectivity index is 1.60. The van der Waals surface area contributed by atoms with Crippen molar-refractivity contribution < 1.29 is 8.42 Å². The second kappa shape index (κ2) is 8.65. The van der Waals surface area contributed by atoms with E-state index in [9.17, 15) is 8.42 Å². The van der Waals surface area contributed by atoms with Crippen molar-refractivity contribution in [2.75, 3.05) is 13.1 Å². The molecule has 0 atom stereocenters. The van der Waals surface area contributed by atoms with Crippen LogP contribution >= 0.6 is 0 Å². The summed E-state index contributed by atoms with van der Waals surface area (Å²) in [5.41, 5.74) is 6.41. The molecule has 0 spiro atoms. The number of benzene rings is 2. The van der Waals surface area contributed by atoms with Crippen molar-refractivity contribution in [3.8, 4) is 0 Å². The van der Waals surface area contributed by atoms with E-state index >= 15 is 0 Å². The van der Waals surface area contributed by atoms with Crippen LogP contribution in [0.25, 0.3) is 10.9 Å². The van der Waals surface area contributed by atoms with Crippen LogP contribution in [0.1, 0.15) is 25.3 Å². The highest BCUT2D eigenvalue weighted by atomic mass is 32.2. The van der Waals surface area contributed by atoms with Gasteiger partial charge in [0.25, 0.3) is 0 Å². The van der Waals surface area contributed by atoms with E-state index in [0.29, 0.717) is 30.4 Å². The van der Waals surface area contributed by atoms with Crippen molar-refractivity contribution in [3.05, 3.63) is 83.7 Å². The summed E-state index contributed by atoms with van der Waals surface area (Å²) in [6, 6.07) is 17.3. The number of nitrogens with zero attached hydrogens (tertiary/aromatic N) is 2. The van der Waals surface area contributed by atoms with Gasteiger partial charge in [0.15, 0.2) is 0 Å². The van der Waals surface area contributed by atoms with E-state index < -0.39 is 10.0 Å². The standard InChI is InChI=1S/C25H28N2O2S/c1-20-8-13-24(14-9-20)30(28,29)27(19-21(2)7-10-22-11-12-22)18-17-26-16-15-23-5-3-4-6-25(23)26/h3-6,8-10,13-16,22H,11-12,17-19H2,1-2H3. The predicted octanol–water partition coefficient (Wildman–Crippen LogP) is 5.15. The molecular weight excluding hydrogens is 392 g/mol. The van der Waals surface area contributed by atoms with Crippen LogP contribution in [0.4, 0.5) is 0 Å². The van der Waals surface area contributed by atoms with Gasteiger partial charge in [-0.05, 0) is 73.9 Å². The molecule has 2 aromatic carbocycles. The quantitative estimate of drug-likeness (QED) is 0.473. The van der Waals surface area contributed by atoms with Crippen LogP contribution in [0.5, 0.6) is 0 Å². The van der Waals surface area contributed by atoms with Gasteiger partial charge in [-0.3, -0.25) is 0 Å². The van der Waals surface area contributed by atoms with Crippen LogP contribution in [-0.4, -0.2) is 30.4 Å². The molecule has 1 aromatic heterocycles. The molecule has 5 heteroatoms. The minimum absolute atomic E-state index is 0.337. The maximum Gasteiger partial charge on any atom is 0.243 e. The molecule has 0 bridgehead atoms. The molecule has 0 radical (unpaired) electrons. The van der Waals surface area contributed by atoms with Crippen LogP contribution < -0.4 is 0 Å². The van der Waals surface area contributed by atoms with Crippen LogP contribution in [0, 0.1) is 12.8 Å². The number of aryl methyl sites for hydroxylation is 1. The van der Waals surface area contributed by atoms with Gasteiger partial charge in [0.2, 0.25) is 10.0 Å². The second-order valence-corrected chi connectivity index (χ2v) is 10.1. The zero-order valence-electron chi connectivity index (χ0n) is 17.6. The molecule has 4 rings (SSSR count). The third kappa shape index (κ3) is 4.76. The Hall–Kier alpha value is -2.59. The zero-order chi connectivity index (χ0) is 21.1. The van der Waals surface area contributed by atoms with E-state index in [1.54, 1.807) is 16.4 Å². The fraction of sp³-hybridized carbons (Fsp3) is 0.320. The summed E-state index contributed by atoms with van der Waals surface area (Å²) in [4.78, 5) is 0.337. The lowest BCUT2D eigenvalue weighted by Gasteiger charge is -2.23. The first-order valence-corrected chi connectivity index (χ1v) is 11.9. The van der Waals surface area contributed by atoms with Gasteiger partial charge < -0.3 is 4.57 Å². The molecule has 0 unspecified atom stereocenters. The van der Waals surface area contributed by atoms with E-state index in [1.165, 1.54) is 12.8 Å². The minimum Gasteiger partial charge on any atom is -0.346 e. The number of aromatic nitrogens is 1. The van der Waals surface area contributed by atoms with Crippen molar-refractivity contribution in [1.82, 2.24) is 8.87 Å². The average Bonchev–Trinajstić information content (AvgIpc) is 3.48. The summed E-state index contributed by atoms with van der Waals surface area (Å²) in [6.07, 6.45) is 6.54. The lowest BCUT2D eigenvalue weighted by molar-refractivity contribution is 0.416. The van der Waals surface area contributed by atoms with Crippen LogP contribution in [0.2, 0.25) is 0 Å². The van der Waals surface area contributed by atoms with E-state index in [4.69, 9.17) is 0 Å². The number of rotatable bonds is 8. The summed E-state index contributed by atoms with van der Waals surface area (Å²) >= 11 is 0. The number of sulfonamides is 1. The summed E-state index contributed by atoms with van der Waals surface area (Å²) in [5, 5.41) is 1.16. The molecule has 1 aliphatic rings. The first-order valence-electron chi connectivity index (χ1n) is 10.5. The van der Waals surface area contributed by atoms with Crippen molar-refractivity contribution in [1.29, 1.82) is 0 Å². The molecule has 0 aliphatic heterocycles. The Morgan fingerprint density at radius 1 is 1.13 bits per heavy atom. The predicted molar refractivity (Wildman–Crippen MR) is 122 cm³/mol. The van der Waals surface area contributed by atoms with Crippen molar-refractivity contribution >= 4 is 20.9 Å². The molecule has 1 heterocycles. The number of hydrogen-bond donors (Lipinski definition) is 0. The Bertz CT molecular complexity index is 1200. The normalized spacial score (nSPS) is 14.1. The van der Waals surface area contributed by atoms with Crippen LogP contribution in [-0.2, 0) is 16.6 Å². The van der Waals surface area contributed by atoms with Gasteiger partial charge >= 0.3 is 0 Å². The van der Waals surface area contributed by atoms with Gasteiger partial charge in [-0.25, -0.2) is 8.42 Å². The van der Waals surface area contributed by atoms with Crippen molar-refractivity contribution in [3.63, 3.8) is 0 Å². The molecule has 30 heavy (non-hydrogen) atoms. The monoisotopic (exact) mass is 420 g/mol. The molecule has 156 valence electrons. The maximum absolute atomic E-state index is 13.4. The SMILES string of the molecule is CC(=C=CC1CC1)CN(CCn1ccc2ccccc21)S(=O)(=O)c1ccc(C)cc1. The van der Waals surface area contributed by atoms with Crippen LogP contribution in [0.15, 0.2) is 83.1 Å². The van der Waals surface area contributed by atoms with Gasteiger partial charge in [0.05, 0.1) is 4.90 Å². The fourth-order valence-electron chi connectivity index (χ4n) is 3.53. The largest absolute Gasteiger partial charge is 0.346 e. The lowest BCUT2D eigenvalue weighted by Crippen LogP contribution is -2.35. The number of fused-ring (bicyclic) bond motifs is 1. The highest BCUT2D eigenvalue weighted by molar-refractivity contribution is 7.89. The Morgan fingerprint density at radius 3 is 2.60 bits per heavy atom. The second-order valence-electron chi connectivity index (χ2n) is 8.15. The summed E-state index contributed by atoms with van der Waals surface area (Å²) in [6.45, 7) is 5.26. The summed E-state index contributed by atoms with van der Waals surface area (Å²) in [5.74, 6) is 0.619. The first-order chi connectivity index (χ1) is 14.4. The maximum atomic E-state index is 13.4. The van der Waals surface area contributed by atoms with Gasteiger partial charge in [-0.1, -0.05) is 35.9 Å². The molecule has 1 saturated carbocycles. The summed E-state index contributed by atoms with van der Waals surface area (Å²) in [7, 11) is -3.60. The third-order valence-corrected chi connectivity index (χ3v) is 7.39. The van der Waals surface area contributed by atoms with E-state index in [0.717, 1.165) is 22.0 Å². The summed E-state index contributed by atoms with van der Waals surface area (Å²) < 4.78 is 30.5. The van der Waals surface area contributed by atoms with Gasteiger partial charge in [0.1, 0.15) is 0 Å².